The van der Waals surface area contributed by atoms with E-state index in [4.69, 9.17) is 4.52 Å². The minimum atomic E-state index is -2.70. The van der Waals surface area contributed by atoms with E-state index in [0.717, 1.165) is 10.9 Å². The van der Waals surface area contributed by atoms with Crippen molar-refractivity contribution in [2.75, 3.05) is 0 Å². The van der Waals surface area contributed by atoms with E-state index in [1.54, 1.807) is 11.0 Å². The molecule has 29 heavy (non-hydrogen) atoms. The second-order valence-electron chi connectivity index (χ2n) is 7.29. The van der Waals surface area contributed by atoms with E-state index in [-0.39, 0.29) is 24.3 Å². The quantitative estimate of drug-likeness (QED) is 0.702. The van der Waals surface area contributed by atoms with Crippen molar-refractivity contribution in [1.29, 1.82) is 0 Å². The summed E-state index contributed by atoms with van der Waals surface area (Å²) in [4.78, 5) is 30.2. The molecular weight excluding hydrogens is 382 g/mol. The predicted molar refractivity (Wildman–Crippen MR) is 101 cm³/mol. The molecule has 7 nitrogen and oxygen atoms in total. The smallest absolute Gasteiger partial charge is 0.290 e. The van der Waals surface area contributed by atoms with Gasteiger partial charge < -0.3 is 19.7 Å². The van der Waals surface area contributed by atoms with E-state index in [1.807, 2.05) is 31.2 Å². The summed E-state index contributed by atoms with van der Waals surface area (Å²) < 4.78 is 30.6. The minimum absolute atomic E-state index is 0.111. The molecule has 2 N–H and O–H groups in total. The van der Waals surface area contributed by atoms with Gasteiger partial charge in [0, 0.05) is 28.9 Å². The number of H-pyrrole nitrogens is 1. The lowest BCUT2D eigenvalue weighted by molar-refractivity contribution is 0.0647. The number of nitrogens with one attached hydrogen (secondary N) is 2. The molecule has 3 heterocycles. The Morgan fingerprint density at radius 2 is 2.10 bits per heavy atom. The summed E-state index contributed by atoms with van der Waals surface area (Å²) >= 11 is 0. The zero-order valence-electron chi connectivity index (χ0n) is 15.9. The average molecular weight is 402 g/mol. The predicted octanol–water partition coefficient (Wildman–Crippen LogP) is 3.13. The Morgan fingerprint density at radius 3 is 2.83 bits per heavy atom. The van der Waals surface area contributed by atoms with Gasteiger partial charge in [-0.3, -0.25) is 9.59 Å². The van der Waals surface area contributed by atoms with Crippen LogP contribution in [-0.2, 0) is 13.0 Å². The molecule has 2 amide bonds. The monoisotopic (exact) mass is 402 g/mol. The fourth-order valence-corrected chi connectivity index (χ4v) is 3.51. The van der Waals surface area contributed by atoms with Gasteiger partial charge in [0.15, 0.2) is 0 Å². The van der Waals surface area contributed by atoms with Crippen LogP contribution in [0.25, 0.3) is 10.9 Å². The number of amides is 2. The molecule has 0 saturated carbocycles. The molecule has 0 radical (unpaired) electrons. The molecule has 2 aromatic heterocycles. The SMILES string of the molecule is CC1Cc2noc(C(=O)N[C@H](C)C(F)F)c2CN1C(=O)c1cc2ccccc2[nH]1. The van der Waals surface area contributed by atoms with Gasteiger partial charge >= 0.3 is 0 Å². The van der Waals surface area contributed by atoms with Crippen LogP contribution < -0.4 is 5.32 Å². The van der Waals surface area contributed by atoms with E-state index in [1.165, 1.54) is 6.92 Å². The summed E-state index contributed by atoms with van der Waals surface area (Å²) in [5.41, 5.74) is 2.31. The number of halogens is 2. The highest BCUT2D eigenvalue weighted by Crippen LogP contribution is 2.28. The number of hydrogen-bond donors (Lipinski definition) is 2. The Hall–Kier alpha value is -3.23. The molecule has 0 saturated heterocycles. The fourth-order valence-electron chi connectivity index (χ4n) is 3.51. The second kappa shape index (κ2) is 7.31. The Labute approximate surface area is 165 Å². The normalized spacial score (nSPS) is 17.4. The Bertz CT molecular complexity index is 1040. The lowest BCUT2D eigenvalue weighted by Gasteiger charge is -2.32. The molecule has 9 heteroatoms. The number of aromatic amines is 1. The first kappa shape index (κ1) is 19.1. The molecule has 2 atom stereocenters. The van der Waals surface area contributed by atoms with Gasteiger partial charge in [0.25, 0.3) is 18.2 Å². The van der Waals surface area contributed by atoms with Gasteiger partial charge in [-0.1, -0.05) is 23.4 Å². The number of benzene rings is 1. The highest BCUT2D eigenvalue weighted by molar-refractivity contribution is 5.98. The summed E-state index contributed by atoms with van der Waals surface area (Å²) in [6, 6.07) is 7.86. The number of carbonyl (C=O) groups excluding carboxylic acids is 2. The van der Waals surface area contributed by atoms with Crippen molar-refractivity contribution in [3.05, 3.63) is 53.0 Å². The number of carbonyl (C=O) groups is 2. The summed E-state index contributed by atoms with van der Waals surface area (Å²) in [5, 5.41) is 7.04. The second-order valence-corrected chi connectivity index (χ2v) is 7.29. The van der Waals surface area contributed by atoms with E-state index in [2.05, 4.69) is 15.5 Å². The molecule has 152 valence electrons. The summed E-state index contributed by atoms with van der Waals surface area (Å²) in [6.07, 6.45) is -2.29. The summed E-state index contributed by atoms with van der Waals surface area (Å²) in [7, 11) is 0. The highest BCUT2D eigenvalue weighted by atomic mass is 19.3. The van der Waals surface area contributed by atoms with Gasteiger partial charge in [0.2, 0.25) is 5.76 Å². The van der Waals surface area contributed by atoms with Crippen molar-refractivity contribution in [1.82, 2.24) is 20.4 Å². The van der Waals surface area contributed by atoms with Crippen molar-refractivity contribution in [3.8, 4) is 0 Å². The molecule has 0 spiro atoms. The largest absolute Gasteiger partial charge is 0.351 e. The molecule has 4 rings (SSSR count). The number of nitrogens with zero attached hydrogens (tertiary/aromatic N) is 2. The van der Waals surface area contributed by atoms with Crippen LogP contribution in [0.4, 0.5) is 8.78 Å². The zero-order chi connectivity index (χ0) is 20.7. The molecular formula is C20H20F2N4O3. The maximum absolute atomic E-state index is 13.1. The Kier molecular flexibility index (Phi) is 4.81. The first-order chi connectivity index (χ1) is 13.8. The number of aromatic nitrogens is 2. The number of fused-ring (bicyclic) bond motifs is 2. The van der Waals surface area contributed by atoms with Crippen molar-refractivity contribution in [2.24, 2.45) is 0 Å². The van der Waals surface area contributed by atoms with Gasteiger partial charge in [0.1, 0.15) is 5.69 Å². The van der Waals surface area contributed by atoms with Crippen LogP contribution in [0.1, 0.15) is 46.1 Å². The van der Waals surface area contributed by atoms with Crippen LogP contribution in [0.15, 0.2) is 34.9 Å². The van der Waals surface area contributed by atoms with Crippen molar-refractivity contribution in [3.63, 3.8) is 0 Å². The number of alkyl halides is 2. The summed E-state index contributed by atoms with van der Waals surface area (Å²) in [6.45, 7) is 3.20. The van der Waals surface area contributed by atoms with E-state index in [0.29, 0.717) is 23.4 Å². The lowest BCUT2D eigenvalue weighted by atomic mass is 9.99. The lowest BCUT2D eigenvalue weighted by Crippen LogP contribution is -2.43. The topological polar surface area (TPSA) is 91.2 Å². The van der Waals surface area contributed by atoms with Crippen molar-refractivity contribution >= 4 is 22.7 Å². The van der Waals surface area contributed by atoms with Crippen LogP contribution >= 0.6 is 0 Å². The van der Waals surface area contributed by atoms with Gasteiger partial charge in [0.05, 0.1) is 18.3 Å². The maximum Gasteiger partial charge on any atom is 0.290 e. The van der Waals surface area contributed by atoms with Gasteiger partial charge in [-0.15, -0.1) is 0 Å². The standard InChI is InChI=1S/C20H20F2N4O3/c1-10-7-15-13(17(29-25-15)19(27)23-11(2)18(21)22)9-26(10)20(28)16-8-12-5-3-4-6-14(12)24-16/h3-6,8,10-11,18,24H,7,9H2,1-2H3,(H,23,27)/t10?,11-/m1/s1. The Balaban J connectivity index is 1.59. The van der Waals surface area contributed by atoms with Gasteiger partial charge in [-0.25, -0.2) is 8.78 Å². The van der Waals surface area contributed by atoms with Crippen LogP contribution in [0.5, 0.6) is 0 Å². The molecule has 0 aliphatic carbocycles. The first-order valence-electron chi connectivity index (χ1n) is 9.30. The molecule has 1 aromatic carbocycles. The zero-order valence-corrected chi connectivity index (χ0v) is 15.9. The molecule has 1 aliphatic rings. The highest BCUT2D eigenvalue weighted by Gasteiger charge is 2.35. The first-order valence-corrected chi connectivity index (χ1v) is 9.30. The Morgan fingerprint density at radius 1 is 1.34 bits per heavy atom. The van der Waals surface area contributed by atoms with E-state index in [9.17, 15) is 18.4 Å². The minimum Gasteiger partial charge on any atom is -0.351 e. The van der Waals surface area contributed by atoms with Crippen molar-refractivity contribution in [2.45, 2.75) is 45.3 Å². The molecule has 1 unspecified atom stereocenters. The molecule has 0 fully saturated rings. The van der Waals surface area contributed by atoms with Crippen molar-refractivity contribution < 1.29 is 22.9 Å². The number of para-hydroxylation sites is 1. The van der Waals surface area contributed by atoms with Gasteiger partial charge in [-0.05, 0) is 26.0 Å². The van der Waals surface area contributed by atoms with Crippen LogP contribution in [0, 0.1) is 0 Å². The van der Waals surface area contributed by atoms with Crippen LogP contribution in [0.3, 0.4) is 0 Å². The maximum atomic E-state index is 13.1. The third-order valence-electron chi connectivity index (χ3n) is 5.18. The third-order valence-corrected chi connectivity index (χ3v) is 5.18. The molecule has 1 aliphatic heterocycles. The van der Waals surface area contributed by atoms with Crippen LogP contribution in [0.2, 0.25) is 0 Å². The third kappa shape index (κ3) is 3.48. The van der Waals surface area contributed by atoms with E-state index >= 15 is 0 Å². The summed E-state index contributed by atoms with van der Waals surface area (Å²) in [5.74, 6) is -1.11. The number of hydrogen-bond acceptors (Lipinski definition) is 4. The van der Waals surface area contributed by atoms with Crippen LogP contribution in [-0.4, -0.2) is 45.4 Å². The number of rotatable bonds is 4. The van der Waals surface area contributed by atoms with E-state index < -0.39 is 18.4 Å². The molecule has 0 bridgehead atoms. The fraction of sp³-hybridized carbons (Fsp3) is 0.350. The average Bonchev–Trinajstić information content (AvgIpc) is 3.30. The molecule has 3 aromatic rings. The van der Waals surface area contributed by atoms with Gasteiger partial charge in [-0.2, -0.15) is 0 Å².